The Morgan fingerprint density at radius 1 is 0.714 bits per heavy atom. The van der Waals surface area contributed by atoms with Crippen molar-refractivity contribution in [1.82, 2.24) is 9.13 Å². The van der Waals surface area contributed by atoms with E-state index in [-0.39, 0.29) is 0 Å². The third kappa shape index (κ3) is 4.90. The van der Waals surface area contributed by atoms with Crippen LogP contribution in [0.15, 0.2) is 96.8 Å². The molecule has 178 valence electrons. The third-order valence-electron chi connectivity index (χ3n) is 5.61. The Morgan fingerprint density at radius 3 is 2.00 bits per heavy atom. The molecule has 0 bridgehead atoms. The summed E-state index contributed by atoms with van der Waals surface area (Å²) in [6, 6.07) is 24.1. The molecule has 0 N–H and O–H groups in total. The Balaban J connectivity index is 0.000000166. The predicted molar refractivity (Wildman–Crippen MR) is 139 cm³/mol. The molecule has 0 saturated carbocycles. The van der Waals surface area contributed by atoms with Crippen molar-refractivity contribution in [1.29, 1.82) is 0 Å². The normalized spacial score (nSPS) is 11.9. The molecule has 0 spiro atoms. The van der Waals surface area contributed by atoms with Gasteiger partial charge in [0.25, 0.3) is 0 Å². The lowest BCUT2D eigenvalue weighted by molar-refractivity contribution is 0.174. The first-order chi connectivity index (χ1) is 17.3. The first-order valence-corrected chi connectivity index (χ1v) is 12.1. The number of nitrogens with zero attached hydrogens (tertiary/aromatic N) is 2. The van der Waals surface area contributed by atoms with E-state index in [0.29, 0.717) is 13.2 Å². The summed E-state index contributed by atoms with van der Waals surface area (Å²) >= 11 is 1.64. The van der Waals surface area contributed by atoms with Crippen molar-refractivity contribution < 1.29 is 18.9 Å². The standard InChI is InChI=1S/C17H15NO3S.C11H11NO/c1-19-13-6-4-12(5-7-13)18-8-2-3-14(18)17-16-15(11-22-17)20-9-10-21-16;1-13-11-6-4-10(5-7-11)12-8-2-3-9-12/h2-8,11H,9-10H2,1H3;2-9H,1H3. The van der Waals surface area contributed by atoms with Crippen LogP contribution in [0.25, 0.3) is 21.9 Å². The molecule has 6 rings (SSSR count). The number of hydrogen-bond acceptors (Lipinski definition) is 5. The zero-order valence-electron chi connectivity index (χ0n) is 19.6. The number of methoxy groups -OCH3 is 2. The summed E-state index contributed by atoms with van der Waals surface area (Å²) in [4.78, 5) is 1.09. The molecule has 2 aromatic carbocycles. The number of hydrogen-bond donors (Lipinski definition) is 0. The van der Waals surface area contributed by atoms with Gasteiger partial charge in [0.15, 0.2) is 11.5 Å². The quantitative estimate of drug-likeness (QED) is 0.286. The minimum Gasteiger partial charge on any atom is -0.497 e. The second kappa shape index (κ2) is 10.4. The lowest BCUT2D eigenvalue weighted by Gasteiger charge is -2.17. The van der Waals surface area contributed by atoms with Gasteiger partial charge >= 0.3 is 0 Å². The highest BCUT2D eigenvalue weighted by atomic mass is 32.1. The molecule has 5 aromatic rings. The number of thiophene rings is 1. The maximum absolute atomic E-state index is 5.80. The number of fused-ring (bicyclic) bond motifs is 1. The van der Waals surface area contributed by atoms with Gasteiger partial charge in [0.1, 0.15) is 24.7 Å². The Labute approximate surface area is 208 Å². The van der Waals surface area contributed by atoms with E-state index < -0.39 is 0 Å². The molecule has 0 unspecified atom stereocenters. The van der Waals surface area contributed by atoms with Crippen LogP contribution in [0.3, 0.4) is 0 Å². The van der Waals surface area contributed by atoms with Crippen molar-refractivity contribution in [3.05, 3.63) is 96.8 Å². The van der Waals surface area contributed by atoms with Crippen LogP contribution < -0.4 is 18.9 Å². The molecule has 1 aliphatic rings. The first kappa shape index (κ1) is 22.7. The van der Waals surface area contributed by atoms with E-state index in [0.717, 1.165) is 44.9 Å². The van der Waals surface area contributed by atoms with Gasteiger partial charge in [-0.25, -0.2) is 0 Å². The van der Waals surface area contributed by atoms with Gasteiger partial charge in [-0.05, 0) is 72.8 Å². The van der Waals surface area contributed by atoms with Crippen molar-refractivity contribution in [2.45, 2.75) is 0 Å². The molecule has 0 saturated heterocycles. The molecule has 35 heavy (non-hydrogen) atoms. The fraction of sp³-hybridized carbons (Fsp3) is 0.143. The summed E-state index contributed by atoms with van der Waals surface area (Å²) in [5, 5.41) is 2.01. The topological polar surface area (TPSA) is 46.8 Å². The van der Waals surface area contributed by atoms with Crippen LogP contribution in [0.2, 0.25) is 0 Å². The largest absolute Gasteiger partial charge is 0.497 e. The van der Waals surface area contributed by atoms with Crippen LogP contribution >= 0.6 is 11.3 Å². The van der Waals surface area contributed by atoms with E-state index in [1.54, 1.807) is 25.6 Å². The molecule has 0 radical (unpaired) electrons. The van der Waals surface area contributed by atoms with E-state index in [2.05, 4.69) is 15.2 Å². The molecule has 4 heterocycles. The maximum atomic E-state index is 5.80. The molecule has 3 aromatic heterocycles. The summed E-state index contributed by atoms with van der Waals surface area (Å²) in [5.41, 5.74) is 3.33. The van der Waals surface area contributed by atoms with Crippen molar-refractivity contribution >= 4 is 11.3 Å². The van der Waals surface area contributed by atoms with Gasteiger partial charge in [-0.3, -0.25) is 0 Å². The summed E-state index contributed by atoms with van der Waals surface area (Å²) in [7, 11) is 3.34. The lowest BCUT2D eigenvalue weighted by Crippen LogP contribution is -2.14. The van der Waals surface area contributed by atoms with Gasteiger partial charge in [0.05, 0.1) is 24.8 Å². The summed E-state index contributed by atoms with van der Waals surface area (Å²) in [6.07, 6.45) is 6.08. The minimum absolute atomic E-state index is 0.597. The number of aromatic nitrogens is 2. The van der Waals surface area contributed by atoms with Gasteiger partial charge in [-0.1, -0.05) is 0 Å². The second-order valence-electron chi connectivity index (χ2n) is 7.70. The van der Waals surface area contributed by atoms with Crippen LogP contribution in [0.4, 0.5) is 0 Å². The smallest absolute Gasteiger partial charge is 0.181 e. The number of benzene rings is 2. The number of rotatable bonds is 5. The predicted octanol–water partition coefficient (Wildman–Crippen LogP) is 6.47. The van der Waals surface area contributed by atoms with Crippen LogP contribution in [-0.4, -0.2) is 36.6 Å². The molecular formula is C28H26N2O4S. The van der Waals surface area contributed by atoms with Crippen molar-refractivity contribution in [3.8, 4) is 44.9 Å². The Morgan fingerprint density at radius 2 is 1.34 bits per heavy atom. The van der Waals surface area contributed by atoms with Crippen molar-refractivity contribution in [3.63, 3.8) is 0 Å². The maximum Gasteiger partial charge on any atom is 0.181 e. The number of ether oxygens (including phenoxy) is 4. The average molecular weight is 487 g/mol. The highest BCUT2D eigenvalue weighted by Gasteiger charge is 2.21. The Bertz CT molecular complexity index is 1350. The fourth-order valence-corrected chi connectivity index (χ4v) is 4.79. The van der Waals surface area contributed by atoms with Crippen LogP contribution in [0, 0.1) is 0 Å². The van der Waals surface area contributed by atoms with Crippen LogP contribution in [0.5, 0.6) is 23.0 Å². The van der Waals surface area contributed by atoms with Crippen LogP contribution in [0.1, 0.15) is 0 Å². The molecular weight excluding hydrogens is 460 g/mol. The van der Waals surface area contributed by atoms with E-state index >= 15 is 0 Å². The molecule has 7 heteroatoms. The third-order valence-corrected chi connectivity index (χ3v) is 6.57. The molecule has 1 aliphatic heterocycles. The highest BCUT2D eigenvalue weighted by Crippen LogP contribution is 2.46. The Kier molecular flexibility index (Phi) is 6.77. The molecule has 0 amide bonds. The average Bonchev–Trinajstić information content (AvgIpc) is 3.70. The minimum atomic E-state index is 0.597. The van der Waals surface area contributed by atoms with Gasteiger partial charge in [0.2, 0.25) is 0 Å². The zero-order chi connectivity index (χ0) is 24.0. The van der Waals surface area contributed by atoms with Crippen molar-refractivity contribution in [2.75, 3.05) is 27.4 Å². The van der Waals surface area contributed by atoms with Gasteiger partial charge in [-0.2, -0.15) is 0 Å². The zero-order valence-corrected chi connectivity index (χ0v) is 20.4. The first-order valence-electron chi connectivity index (χ1n) is 11.2. The fourth-order valence-electron chi connectivity index (χ4n) is 3.83. The molecule has 0 aliphatic carbocycles. The summed E-state index contributed by atoms with van der Waals surface area (Å²) < 4.78 is 25.9. The summed E-state index contributed by atoms with van der Waals surface area (Å²) in [6.45, 7) is 1.21. The van der Waals surface area contributed by atoms with Gasteiger partial charge < -0.3 is 28.1 Å². The second-order valence-corrected chi connectivity index (χ2v) is 8.58. The van der Waals surface area contributed by atoms with Gasteiger partial charge in [0, 0.05) is 35.3 Å². The van der Waals surface area contributed by atoms with E-state index in [1.807, 2.05) is 90.7 Å². The highest BCUT2D eigenvalue weighted by molar-refractivity contribution is 7.14. The van der Waals surface area contributed by atoms with E-state index in [9.17, 15) is 0 Å². The molecule has 6 nitrogen and oxygen atoms in total. The van der Waals surface area contributed by atoms with E-state index in [1.165, 1.54) is 0 Å². The van der Waals surface area contributed by atoms with Crippen LogP contribution in [-0.2, 0) is 0 Å². The lowest BCUT2D eigenvalue weighted by atomic mass is 10.2. The monoisotopic (exact) mass is 486 g/mol. The molecule has 0 atom stereocenters. The summed E-state index contributed by atoms with van der Waals surface area (Å²) in [5.74, 6) is 3.43. The van der Waals surface area contributed by atoms with Crippen molar-refractivity contribution in [2.24, 2.45) is 0 Å². The Hall–Kier alpha value is -4.10. The van der Waals surface area contributed by atoms with E-state index in [4.69, 9.17) is 18.9 Å². The van der Waals surface area contributed by atoms with Gasteiger partial charge in [-0.15, -0.1) is 11.3 Å². The SMILES string of the molecule is COc1ccc(-n2cccc2)cc1.COc1ccc(-n2cccc2-c2scc3c2OCCO3)cc1. The molecule has 0 fully saturated rings.